The molecule has 0 aliphatic heterocycles. The van der Waals surface area contributed by atoms with Crippen LogP contribution in [0.1, 0.15) is 49.4 Å². The van der Waals surface area contributed by atoms with Crippen LogP contribution in [0.4, 0.5) is 0 Å². The minimum absolute atomic E-state index is 0. The van der Waals surface area contributed by atoms with Gasteiger partial charge in [-0.05, 0) is 47.4 Å². The quantitative estimate of drug-likeness (QED) is 0.545. The number of fused-ring (bicyclic) bond motifs is 2. The number of hydrogen-bond donors (Lipinski definition) is 0. The largest absolute Gasteiger partial charge is 0.377 e. The summed E-state index contributed by atoms with van der Waals surface area (Å²) < 4.78 is 18.0. The monoisotopic (exact) mass is 396 g/mol. The van der Waals surface area contributed by atoms with Gasteiger partial charge >= 0.3 is 0 Å². The third-order valence-electron chi connectivity index (χ3n) is 6.11. The van der Waals surface area contributed by atoms with Gasteiger partial charge in [0.2, 0.25) is 0 Å². The van der Waals surface area contributed by atoms with Gasteiger partial charge in [0.05, 0.1) is 38.6 Å². The zero-order valence-corrected chi connectivity index (χ0v) is 17.1. The van der Waals surface area contributed by atoms with E-state index in [0.29, 0.717) is 44.4 Å². The number of ether oxygens (including phenoxy) is 3. The van der Waals surface area contributed by atoms with E-state index in [4.69, 9.17) is 14.2 Å². The molecule has 2 unspecified atom stereocenters. The highest BCUT2D eigenvalue weighted by molar-refractivity contribution is 5.37. The molecule has 2 aromatic rings. The van der Waals surface area contributed by atoms with E-state index >= 15 is 0 Å². The first-order chi connectivity index (χ1) is 13.7. The highest BCUT2D eigenvalue weighted by Gasteiger charge is 2.34. The fraction of sp³-hybridized carbons (Fsp3) is 0.538. The summed E-state index contributed by atoms with van der Waals surface area (Å²) in [6, 6.07) is 17.4. The van der Waals surface area contributed by atoms with Crippen LogP contribution in [0.25, 0.3) is 0 Å². The van der Waals surface area contributed by atoms with Crippen molar-refractivity contribution in [3.8, 4) is 0 Å². The van der Waals surface area contributed by atoms with E-state index in [1.807, 2.05) is 0 Å². The molecule has 158 valence electrons. The molecule has 0 saturated heterocycles. The van der Waals surface area contributed by atoms with Crippen molar-refractivity contribution in [2.75, 3.05) is 26.4 Å². The molecular weight excluding hydrogens is 360 g/mol. The maximum absolute atomic E-state index is 6.22. The van der Waals surface area contributed by atoms with Gasteiger partial charge in [-0.2, -0.15) is 0 Å². The van der Waals surface area contributed by atoms with E-state index in [0.717, 1.165) is 19.3 Å². The highest BCUT2D eigenvalue weighted by Crippen LogP contribution is 2.39. The zero-order valence-electron chi connectivity index (χ0n) is 17.1. The Kier molecular flexibility index (Phi) is 7.88. The van der Waals surface area contributed by atoms with Crippen LogP contribution in [-0.2, 0) is 33.5 Å². The molecule has 4 rings (SSSR count). The second kappa shape index (κ2) is 10.4. The van der Waals surface area contributed by atoms with E-state index in [2.05, 4.69) is 62.4 Å². The van der Waals surface area contributed by atoms with Gasteiger partial charge in [0.25, 0.3) is 0 Å². The topological polar surface area (TPSA) is 27.7 Å². The molecule has 0 saturated carbocycles. The summed E-state index contributed by atoms with van der Waals surface area (Å²) in [7, 11) is 0. The van der Waals surface area contributed by atoms with Crippen molar-refractivity contribution in [3.63, 3.8) is 0 Å². The van der Waals surface area contributed by atoms with Gasteiger partial charge in [-0.1, -0.05) is 69.8 Å². The molecule has 2 atom stereocenters. The molecule has 0 aromatic heterocycles. The fourth-order valence-electron chi connectivity index (χ4n) is 4.81. The Labute approximate surface area is 176 Å². The van der Waals surface area contributed by atoms with Gasteiger partial charge in [-0.3, -0.25) is 0 Å². The SMILES string of the molecule is C.CC(C)C1c2ccccc2CC1OCCOCCOC1Cc2ccccc2C1. The van der Waals surface area contributed by atoms with Crippen molar-refractivity contribution < 1.29 is 14.2 Å². The van der Waals surface area contributed by atoms with Crippen molar-refractivity contribution in [3.05, 3.63) is 70.8 Å². The van der Waals surface area contributed by atoms with Gasteiger partial charge in [-0.15, -0.1) is 0 Å². The first-order valence-electron chi connectivity index (χ1n) is 10.7. The first-order valence-corrected chi connectivity index (χ1v) is 10.7. The Bertz CT molecular complexity index is 745. The van der Waals surface area contributed by atoms with E-state index < -0.39 is 0 Å². The second-order valence-electron chi connectivity index (χ2n) is 8.36. The average molecular weight is 397 g/mol. The minimum Gasteiger partial charge on any atom is -0.377 e. The smallest absolute Gasteiger partial charge is 0.0704 e. The molecule has 0 fully saturated rings. The second-order valence-corrected chi connectivity index (χ2v) is 8.36. The Morgan fingerprint density at radius 1 is 0.759 bits per heavy atom. The number of rotatable bonds is 9. The summed E-state index contributed by atoms with van der Waals surface area (Å²) in [6.45, 7) is 7.15. The summed E-state index contributed by atoms with van der Waals surface area (Å²) in [6.07, 6.45) is 3.65. The van der Waals surface area contributed by atoms with Crippen molar-refractivity contribution in [2.45, 2.75) is 58.7 Å². The first kappa shape index (κ1) is 22.0. The fourth-order valence-corrected chi connectivity index (χ4v) is 4.81. The summed E-state index contributed by atoms with van der Waals surface area (Å²) in [5.41, 5.74) is 5.77. The summed E-state index contributed by atoms with van der Waals surface area (Å²) in [5.74, 6) is 1.07. The summed E-state index contributed by atoms with van der Waals surface area (Å²) >= 11 is 0. The molecule has 2 aliphatic carbocycles. The molecule has 3 nitrogen and oxygen atoms in total. The molecular formula is C26H36O3. The zero-order chi connectivity index (χ0) is 19.3. The molecule has 0 amide bonds. The van der Waals surface area contributed by atoms with E-state index in [1.165, 1.54) is 22.3 Å². The Balaban J connectivity index is 0.00000240. The van der Waals surface area contributed by atoms with Gasteiger partial charge in [-0.25, -0.2) is 0 Å². The van der Waals surface area contributed by atoms with Crippen LogP contribution in [0.3, 0.4) is 0 Å². The van der Waals surface area contributed by atoms with Crippen LogP contribution >= 0.6 is 0 Å². The van der Waals surface area contributed by atoms with Crippen molar-refractivity contribution in [1.29, 1.82) is 0 Å². The van der Waals surface area contributed by atoms with Crippen molar-refractivity contribution >= 4 is 0 Å². The van der Waals surface area contributed by atoms with Crippen LogP contribution in [0.5, 0.6) is 0 Å². The predicted octanol–water partition coefficient (Wildman–Crippen LogP) is 5.20. The van der Waals surface area contributed by atoms with Crippen LogP contribution in [-0.4, -0.2) is 38.6 Å². The lowest BCUT2D eigenvalue weighted by Gasteiger charge is -2.24. The van der Waals surface area contributed by atoms with Crippen LogP contribution < -0.4 is 0 Å². The maximum Gasteiger partial charge on any atom is 0.0704 e. The van der Waals surface area contributed by atoms with Gasteiger partial charge < -0.3 is 14.2 Å². The van der Waals surface area contributed by atoms with Crippen LogP contribution in [0, 0.1) is 5.92 Å². The molecule has 3 heteroatoms. The minimum atomic E-state index is 0. The van der Waals surface area contributed by atoms with E-state index in [9.17, 15) is 0 Å². The lowest BCUT2D eigenvalue weighted by molar-refractivity contribution is -0.0298. The molecule has 2 aromatic carbocycles. The lowest BCUT2D eigenvalue weighted by Crippen LogP contribution is -2.24. The predicted molar refractivity (Wildman–Crippen MR) is 119 cm³/mol. The van der Waals surface area contributed by atoms with E-state index in [1.54, 1.807) is 0 Å². The van der Waals surface area contributed by atoms with Crippen molar-refractivity contribution in [2.24, 2.45) is 5.92 Å². The molecule has 0 bridgehead atoms. The molecule has 0 N–H and O–H groups in total. The lowest BCUT2D eigenvalue weighted by atomic mass is 9.88. The maximum atomic E-state index is 6.22. The Morgan fingerprint density at radius 2 is 1.34 bits per heavy atom. The van der Waals surface area contributed by atoms with Crippen molar-refractivity contribution in [1.82, 2.24) is 0 Å². The Hall–Kier alpha value is -1.68. The molecule has 0 spiro atoms. The summed E-state index contributed by atoms with van der Waals surface area (Å²) in [4.78, 5) is 0. The molecule has 2 aliphatic rings. The van der Waals surface area contributed by atoms with Crippen LogP contribution in [0.2, 0.25) is 0 Å². The third-order valence-corrected chi connectivity index (χ3v) is 6.11. The highest BCUT2D eigenvalue weighted by atomic mass is 16.5. The number of benzene rings is 2. The van der Waals surface area contributed by atoms with Crippen LogP contribution in [0.15, 0.2) is 48.5 Å². The number of hydrogen-bond acceptors (Lipinski definition) is 3. The Morgan fingerprint density at radius 3 is 2.00 bits per heavy atom. The standard InChI is InChI=1S/C25H32O3.CH4/c1-18(2)25-23-10-6-5-9-21(23)17-24(25)28-14-12-26-11-13-27-22-15-19-7-3-4-8-20(19)16-22;/h3-10,18,22,24-25H,11-17H2,1-2H3;1H4. The molecule has 0 heterocycles. The van der Waals surface area contributed by atoms with E-state index in [-0.39, 0.29) is 13.5 Å². The average Bonchev–Trinajstić information content (AvgIpc) is 3.27. The summed E-state index contributed by atoms with van der Waals surface area (Å²) in [5, 5.41) is 0. The third kappa shape index (κ3) is 5.28. The van der Waals surface area contributed by atoms with Gasteiger partial charge in [0.15, 0.2) is 0 Å². The normalized spacial score (nSPS) is 20.5. The van der Waals surface area contributed by atoms with Gasteiger partial charge in [0, 0.05) is 5.92 Å². The molecule has 29 heavy (non-hydrogen) atoms. The van der Waals surface area contributed by atoms with Gasteiger partial charge in [0.1, 0.15) is 0 Å². The molecule has 0 radical (unpaired) electrons.